The average Bonchev–Trinajstić information content (AvgIpc) is 3.07. The molecule has 2 aliphatic rings. The first-order chi connectivity index (χ1) is 15.2. The number of morpholine rings is 1. The smallest absolute Gasteiger partial charge is 0.161 e. The van der Waals surface area contributed by atoms with E-state index in [4.69, 9.17) is 14.2 Å². The fraction of sp³-hybridized carbons (Fsp3) is 0.750. The molecule has 1 unspecified atom stereocenters. The van der Waals surface area contributed by atoms with Gasteiger partial charge in [0.25, 0.3) is 0 Å². The average molecular weight is 436 g/mol. The van der Waals surface area contributed by atoms with Gasteiger partial charge in [-0.15, -0.1) is 0 Å². The molecule has 7 nitrogen and oxygen atoms in total. The highest BCUT2D eigenvalue weighted by molar-refractivity contribution is 5.43. The lowest BCUT2D eigenvalue weighted by Gasteiger charge is -2.26. The third kappa shape index (κ3) is 8.94. The van der Waals surface area contributed by atoms with Crippen LogP contribution in [0.25, 0.3) is 0 Å². The van der Waals surface area contributed by atoms with Gasteiger partial charge in [-0.2, -0.15) is 0 Å². The molecule has 1 aromatic carbocycles. The molecule has 0 bridgehead atoms. The van der Waals surface area contributed by atoms with Gasteiger partial charge in [0, 0.05) is 26.2 Å². The van der Waals surface area contributed by atoms with Crippen LogP contribution in [0, 0.1) is 0 Å². The summed E-state index contributed by atoms with van der Waals surface area (Å²) in [6.45, 7) is 9.83. The van der Waals surface area contributed by atoms with E-state index in [2.05, 4.69) is 21.2 Å². The van der Waals surface area contributed by atoms with E-state index in [0.717, 1.165) is 71.2 Å². The molecule has 176 valence electrons. The molecule has 7 heteroatoms. The second-order valence-corrected chi connectivity index (χ2v) is 8.65. The Kier molecular flexibility index (Phi) is 10.9. The lowest BCUT2D eigenvalue weighted by Crippen LogP contribution is -2.37. The summed E-state index contributed by atoms with van der Waals surface area (Å²) in [5, 5.41) is 13.9. The number of β-amino-alcohol motifs (C(OH)–C–C–N with tert-alkyl or cyclic N) is 1. The molecule has 31 heavy (non-hydrogen) atoms. The first-order valence-corrected chi connectivity index (χ1v) is 12.0. The Morgan fingerprint density at radius 2 is 1.81 bits per heavy atom. The summed E-state index contributed by atoms with van der Waals surface area (Å²) in [6, 6.07) is 6.03. The summed E-state index contributed by atoms with van der Waals surface area (Å²) in [4.78, 5) is 4.81. The standard InChI is InChI=1S/C24H41N3O4/c1-29-24-17-21(18-25-9-6-12-26-13-15-30-16-14-26)7-8-23(24)31-20-22(28)19-27-10-4-2-3-5-11-27/h7-8,17,22,25,28H,2-6,9-16,18-20H2,1H3. The lowest BCUT2D eigenvalue weighted by molar-refractivity contribution is 0.0374. The normalized spacial score (nSPS) is 19.7. The van der Waals surface area contributed by atoms with Gasteiger partial charge in [0.1, 0.15) is 12.7 Å². The van der Waals surface area contributed by atoms with Crippen molar-refractivity contribution < 1.29 is 19.3 Å². The van der Waals surface area contributed by atoms with Crippen molar-refractivity contribution in [2.24, 2.45) is 0 Å². The van der Waals surface area contributed by atoms with Crippen LogP contribution in [0.3, 0.4) is 0 Å². The van der Waals surface area contributed by atoms with Gasteiger partial charge in [-0.25, -0.2) is 0 Å². The Labute approximate surface area is 187 Å². The Morgan fingerprint density at radius 1 is 1.03 bits per heavy atom. The molecule has 0 saturated carbocycles. The number of aliphatic hydroxyl groups excluding tert-OH is 1. The van der Waals surface area contributed by atoms with Gasteiger partial charge in [0.05, 0.1) is 20.3 Å². The maximum atomic E-state index is 10.4. The number of likely N-dealkylation sites (tertiary alicyclic amines) is 1. The van der Waals surface area contributed by atoms with Gasteiger partial charge in [-0.05, 0) is 63.1 Å². The van der Waals surface area contributed by atoms with Crippen molar-refractivity contribution in [1.29, 1.82) is 0 Å². The summed E-state index contributed by atoms with van der Waals surface area (Å²) in [5.41, 5.74) is 1.17. The van der Waals surface area contributed by atoms with Crippen molar-refractivity contribution in [3.8, 4) is 11.5 Å². The minimum absolute atomic E-state index is 0.284. The second-order valence-electron chi connectivity index (χ2n) is 8.65. The SMILES string of the molecule is COc1cc(CNCCCN2CCOCC2)ccc1OCC(O)CN1CCCCCC1. The van der Waals surface area contributed by atoms with E-state index in [9.17, 15) is 5.11 Å². The van der Waals surface area contributed by atoms with Gasteiger partial charge in [0.15, 0.2) is 11.5 Å². The predicted octanol–water partition coefficient (Wildman–Crippen LogP) is 2.12. The molecular formula is C24H41N3O4. The maximum absolute atomic E-state index is 10.4. The summed E-state index contributed by atoms with van der Waals surface area (Å²) in [5.74, 6) is 1.41. The van der Waals surface area contributed by atoms with E-state index >= 15 is 0 Å². The van der Waals surface area contributed by atoms with E-state index < -0.39 is 6.10 Å². The molecule has 1 atom stereocenters. The number of nitrogens with one attached hydrogen (secondary N) is 1. The molecule has 1 aromatic rings. The van der Waals surface area contributed by atoms with E-state index in [1.165, 1.54) is 31.2 Å². The van der Waals surface area contributed by atoms with Crippen molar-refractivity contribution in [2.45, 2.75) is 44.8 Å². The monoisotopic (exact) mass is 435 g/mol. The molecule has 0 spiro atoms. The maximum Gasteiger partial charge on any atom is 0.161 e. The lowest BCUT2D eigenvalue weighted by atomic mass is 10.2. The number of ether oxygens (including phenoxy) is 3. The third-order valence-corrected chi connectivity index (χ3v) is 6.09. The molecule has 2 saturated heterocycles. The van der Waals surface area contributed by atoms with Crippen LogP contribution in [0.15, 0.2) is 18.2 Å². The van der Waals surface area contributed by atoms with Gasteiger partial charge in [0.2, 0.25) is 0 Å². The quantitative estimate of drug-likeness (QED) is 0.488. The molecule has 3 rings (SSSR count). The molecule has 2 aliphatic heterocycles. The Hall–Kier alpha value is -1.38. The Morgan fingerprint density at radius 3 is 2.55 bits per heavy atom. The van der Waals surface area contributed by atoms with Crippen LogP contribution in [0.1, 0.15) is 37.7 Å². The zero-order chi connectivity index (χ0) is 21.7. The van der Waals surface area contributed by atoms with E-state index in [1.807, 2.05) is 12.1 Å². The topological polar surface area (TPSA) is 66.4 Å². The second kappa shape index (κ2) is 13.9. The van der Waals surface area contributed by atoms with Crippen LogP contribution in [0.2, 0.25) is 0 Å². The van der Waals surface area contributed by atoms with Crippen LogP contribution in [-0.2, 0) is 11.3 Å². The highest BCUT2D eigenvalue weighted by Crippen LogP contribution is 2.28. The highest BCUT2D eigenvalue weighted by Gasteiger charge is 2.15. The predicted molar refractivity (Wildman–Crippen MR) is 123 cm³/mol. The molecule has 2 fully saturated rings. The van der Waals surface area contributed by atoms with Crippen LogP contribution in [0.5, 0.6) is 11.5 Å². The summed E-state index contributed by atoms with van der Waals surface area (Å²) in [7, 11) is 1.66. The van der Waals surface area contributed by atoms with Crippen molar-refractivity contribution in [3.63, 3.8) is 0 Å². The number of hydrogen-bond acceptors (Lipinski definition) is 7. The van der Waals surface area contributed by atoms with Crippen molar-refractivity contribution in [2.75, 3.05) is 72.7 Å². The van der Waals surface area contributed by atoms with Gasteiger partial charge < -0.3 is 29.5 Å². The van der Waals surface area contributed by atoms with E-state index in [0.29, 0.717) is 12.3 Å². The first kappa shape index (κ1) is 24.3. The number of aliphatic hydroxyl groups is 1. The largest absolute Gasteiger partial charge is 0.493 e. The number of nitrogens with zero attached hydrogens (tertiary/aromatic N) is 2. The van der Waals surface area contributed by atoms with Crippen LogP contribution >= 0.6 is 0 Å². The minimum Gasteiger partial charge on any atom is -0.493 e. The Bertz CT molecular complexity index is 617. The number of benzene rings is 1. The van der Waals surface area contributed by atoms with Crippen LogP contribution in [0.4, 0.5) is 0 Å². The van der Waals surface area contributed by atoms with Crippen LogP contribution in [-0.4, -0.2) is 93.8 Å². The summed E-state index contributed by atoms with van der Waals surface area (Å²) < 4.78 is 16.8. The Balaban J connectivity index is 1.36. The molecule has 0 aliphatic carbocycles. The van der Waals surface area contributed by atoms with Gasteiger partial charge in [-0.1, -0.05) is 18.9 Å². The third-order valence-electron chi connectivity index (χ3n) is 6.09. The van der Waals surface area contributed by atoms with Crippen LogP contribution < -0.4 is 14.8 Å². The molecular weight excluding hydrogens is 394 g/mol. The highest BCUT2D eigenvalue weighted by atomic mass is 16.5. The van der Waals surface area contributed by atoms with Crippen molar-refractivity contribution >= 4 is 0 Å². The van der Waals surface area contributed by atoms with Crippen molar-refractivity contribution in [3.05, 3.63) is 23.8 Å². The number of hydrogen-bond donors (Lipinski definition) is 2. The molecule has 0 radical (unpaired) electrons. The fourth-order valence-corrected chi connectivity index (χ4v) is 4.28. The zero-order valence-electron chi connectivity index (χ0n) is 19.2. The molecule has 0 amide bonds. The summed E-state index contributed by atoms with van der Waals surface area (Å²) in [6.07, 6.45) is 5.70. The summed E-state index contributed by atoms with van der Waals surface area (Å²) >= 11 is 0. The molecule has 2 heterocycles. The number of rotatable bonds is 12. The fourth-order valence-electron chi connectivity index (χ4n) is 4.28. The zero-order valence-corrected chi connectivity index (χ0v) is 19.2. The van der Waals surface area contributed by atoms with Crippen molar-refractivity contribution in [1.82, 2.24) is 15.1 Å². The number of methoxy groups -OCH3 is 1. The minimum atomic E-state index is -0.490. The molecule has 2 N–H and O–H groups in total. The first-order valence-electron chi connectivity index (χ1n) is 12.0. The van der Waals surface area contributed by atoms with Gasteiger partial charge >= 0.3 is 0 Å². The van der Waals surface area contributed by atoms with Gasteiger partial charge in [-0.3, -0.25) is 4.90 Å². The van der Waals surface area contributed by atoms with E-state index in [-0.39, 0.29) is 6.61 Å². The molecule has 0 aromatic heterocycles. The van der Waals surface area contributed by atoms with E-state index in [1.54, 1.807) is 7.11 Å².